The van der Waals surface area contributed by atoms with Gasteiger partial charge in [0.15, 0.2) is 0 Å². The summed E-state index contributed by atoms with van der Waals surface area (Å²) in [6.07, 6.45) is 0.253. The highest BCUT2D eigenvalue weighted by molar-refractivity contribution is 8.03. The number of benzene rings is 4. The second kappa shape index (κ2) is 19.7. The van der Waals surface area contributed by atoms with Crippen LogP contribution in [-0.2, 0) is 48.0 Å². The van der Waals surface area contributed by atoms with Gasteiger partial charge in [-0.3, -0.25) is 24.0 Å². The summed E-state index contributed by atoms with van der Waals surface area (Å²) >= 11 is 1.50. The van der Waals surface area contributed by atoms with Crippen LogP contribution in [0.4, 0.5) is 5.69 Å². The van der Waals surface area contributed by atoms with Crippen molar-refractivity contribution >= 4 is 53.0 Å². The number of anilines is 1. The Morgan fingerprint density at radius 1 is 0.621 bits per heavy atom. The molecule has 7 N–H and O–H groups in total. The number of carboxylic acid groups (broad SMARTS) is 1. The number of aliphatic hydroxyl groups is 1. The van der Waals surface area contributed by atoms with E-state index in [1.807, 2.05) is 66.1 Å². The van der Waals surface area contributed by atoms with Gasteiger partial charge in [0.25, 0.3) is 5.91 Å². The molecular weight excluding hydrogens is 759 g/mol. The van der Waals surface area contributed by atoms with E-state index in [0.29, 0.717) is 23.1 Å². The number of carboxylic acids is 1. The number of hydrogen-bond acceptors (Lipinski definition) is 8. The third-order valence-corrected chi connectivity index (χ3v) is 11.0. The molecule has 300 valence electrons. The predicted molar refractivity (Wildman–Crippen MR) is 220 cm³/mol. The maximum Gasteiger partial charge on any atom is 0.326 e. The molecule has 5 amide bonds. The largest absolute Gasteiger partial charge is 0.480 e. The Bertz CT molecular complexity index is 2110. The van der Waals surface area contributed by atoms with Crippen molar-refractivity contribution in [2.75, 3.05) is 5.32 Å². The molecule has 3 aliphatic rings. The van der Waals surface area contributed by atoms with E-state index in [2.05, 4.69) is 26.6 Å². The zero-order valence-corrected chi connectivity index (χ0v) is 32.3. The molecule has 0 aliphatic carbocycles. The topological polar surface area (TPSA) is 203 Å². The van der Waals surface area contributed by atoms with E-state index in [9.17, 15) is 39.0 Å². The zero-order valence-electron chi connectivity index (χ0n) is 31.5. The average molecular weight is 804 g/mol. The van der Waals surface area contributed by atoms with E-state index in [-0.39, 0.29) is 36.6 Å². The molecule has 0 aromatic heterocycles. The third kappa shape index (κ3) is 11.6. The number of fused-ring (bicyclic) bond motifs is 18. The highest BCUT2D eigenvalue weighted by Gasteiger charge is 2.34. The summed E-state index contributed by atoms with van der Waals surface area (Å²) in [5.41, 5.74) is 4.12. The van der Waals surface area contributed by atoms with Gasteiger partial charge in [-0.05, 0) is 58.2 Å². The second-order valence-electron chi connectivity index (χ2n) is 14.3. The summed E-state index contributed by atoms with van der Waals surface area (Å²) in [6.45, 7) is 0. The summed E-state index contributed by atoms with van der Waals surface area (Å²) < 4.78 is 0. The van der Waals surface area contributed by atoms with E-state index in [0.717, 1.165) is 11.1 Å². The predicted octanol–water partition coefficient (Wildman–Crippen LogP) is 3.52. The van der Waals surface area contributed by atoms with Crippen molar-refractivity contribution in [1.82, 2.24) is 21.3 Å². The lowest BCUT2D eigenvalue weighted by Crippen LogP contribution is -2.59. The lowest BCUT2D eigenvalue weighted by Gasteiger charge is -2.27. The Labute approximate surface area is 340 Å². The lowest BCUT2D eigenvalue weighted by molar-refractivity contribution is -0.142. The van der Waals surface area contributed by atoms with E-state index in [4.69, 9.17) is 0 Å². The van der Waals surface area contributed by atoms with Crippen LogP contribution in [0.3, 0.4) is 0 Å². The zero-order chi connectivity index (χ0) is 41.0. The van der Waals surface area contributed by atoms with Gasteiger partial charge in [0.2, 0.25) is 23.6 Å². The number of thioether (sulfide) groups is 1. The van der Waals surface area contributed by atoms with Crippen LogP contribution in [0, 0.1) is 0 Å². The smallest absolute Gasteiger partial charge is 0.326 e. The molecule has 1 unspecified atom stereocenters. The number of rotatable bonds is 8. The first-order chi connectivity index (χ1) is 28.0. The first kappa shape index (κ1) is 41.4. The van der Waals surface area contributed by atoms with Gasteiger partial charge < -0.3 is 36.8 Å². The van der Waals surface area contributed by atoms with Crippen LogP contribution >= 0.6 is 11.8 Å². The van der Waals surface area contributed by atoms with Crippen molar-refractivity contribution in [3.8, 4) is 11.1 Å². The van der Waals surface area contributed by atoms with Gasteiger partial charge in [0, 0.05) is 30.2 Å². The van der Waals surface area contributed by atoms with Gasteiger partial charge in [-0.2, -0.15) is 0 Å². The van der Waals surface area contributed by atoms with Crippen LogP contribution in [0.2, 0.25) is 0 Å². The second-order valence-corrected chi connectivity index (χ2v) is 15.5. The summed E-state index contributed by atoms with van der Waals surface area (Å²) in [6, 6.07) is 27.2. The van der Waals surface area contributed by atoms with Gasteiger partial charge in [-0.1, -0.05) is 103 Å². The molecular formula is C44H45N5O8S. The fourth-order valence-electron chi connectivity index (χ4n) is 6.77. The van der Waals surface area contributed by atoms with Crippen LogP contribution in [0.15, 0.2) is 121 Å². The summed E-state index contributed by atoms with van der Waals surface area (Å²) in [5.74, 6) is -5.06. The minimum Gasteiger partial charge on any atom is -0.480 e. The number of nitrogens with one attached hydrogen (secondary N) is 5. The fourth-order valence-corrected chi connectivity index (χ4v) is 7.74. The van der Waals surface area contributed by atoms with Gasteiger partial charge >= 0.3 is 5.97 Å². The first-order valence-electron chi connectivity index (χ1n) is 19.0. The summed E-state index contributed by atoms with van der Waals surface area (Å²) in [5, 5.41) is 36.1. The van der Waals surface area contributed by atoms with E-state index in [1.165, 1.54) is 23.9 Å². The van der Waals surface area contributed by atoms with Crippen LogP contribution in [-0.4, -0.2) is 81.2 Å². The van der Waals surface area contributed by atoms with Crippen molar-refractivity contribution < 1.29 is 39.0 Å². The van der Waals surface area contributed by atoms with Crippen molar-refractivity contribution in [2.24, 2.45) is 0 Å². The van der Waals surface area contributed by atoms with E-state index < -0.39 is 72.2 Å². The highest BCUT2D eigenvalue weighted by atomic mass is 32.2. The molecule has 4 aromatic rings. The Kier molecular flexibility index (Phi) is 14.1. The highest BCUT2D eigenvalue weighted by Crippen LogP contribution is 2.28. The molecule has 6 atom stereocenters. The molecule has 2 bridgehead atoms. The monoisotopic (exact) mass is 803 g/mol. The molecule has 0 saturated carbocycles. The molecule has 13 nitrogen and oxygen atoms in total. The van der Waals surface area contributed by atoms with E-state index in [1.54, 1.807) is 42.5 Å². The van der Waals surface area contributed by atoms with Crippen molar-refractivity contribution in [3.63, 3.8) is 0 Å². The minimum atomic E-state index is -1.76. The summed E-state index contributed by atoms with van der Waals surface area (Å²) in [7, 11) is 0. The molecule has 0 saturated heterocycles. The van der Waals surface area contributed by atoms with E-state index >= 15 is 0 Å². The van der Waals surface area contributed by atoms with Crippen molar-refractivity contribution in [1.29, 1.82) is 0 Å². The van der Waals surface area contributed by atoms with Crippen LogP contribution < -0.4 is 26.6 Å². The molecule has 7 rings (SSSR count). The van der Waals surface area contributed by atoms with Gasteiger partial charge in [-0.15, -0.1) is 11.8 Å². The van der Waals surface area contributed by atoms with Gasteiger partial charge in [0.05, 0.1) is 6.42 Å². The number of carbonyl (C=O) groups excluding carboxylic acids is 5. The number of amides is 5. The summed E-state index contributed by atoms with van der Waals surface area (Å²) in [4.78, 5) is 81.2. The van der Waals surface area contributed by atoms with Gasteiger partial charge in [0.1, 0.15) is 30.3 Å². The fraction of sp³-hybridized carbons (Fsp3) is 0.273. The van der Waals surface area contributed by atoms with Crippen molar-refractivity contribution in [3.05, 3.63) is 137 Å². The Morgan fingerprint density at radius 3 is 1.79 bits per heavy atom. The third-order valence-electron chi connectivity index (χ3n) is 9.92. The maximum atomic E-state index is 14.4. The standard InChI is InChI=1S/C44H45N5O8S/c50-38-26-39(51)46-36(25-33-12-7-21-58-33)42(54)48-35(23-28-13-17-31(18-14-28)30-10-5-2-6-11-30)40(52)47-34(22-27-8-3-1-4-9-27)41(53)49-37(44(56)57)24-29-15-19-32(20-16-29)45-43(38)55/h1-11,13-21,33-38,50H,12,22-26H2,(H,45,55)(H,46,51)(H,47,52)(H,48,54)(H,49,53)(H,56,57)/t33?,34-,35-,36-,37-,38+/m0/s1. The Hall–Kier alpha value is -6.25. The SMILES string of the molecule is O=C1C[C@@H](O)C(=O)Nc2ccc(cc2)C[C@@H](C(=O)O)NC(=O)[C@H](Cc2ccccc2)NC(=O)[C@H](Cc2ccc(-c3ccccc3)cc2)NC(=O)[C@H](CC2CC=CS2)N1. The van der Waals surface area contributed by atoms with Gasteiger partial charge in [-0.25, -0.2) is 4.79 Å². The number of carbonyl (C=O) groups is 6. The maximum absolute atomic E-state index is 14.4. The lowest BCUT2D eigenvalue weighted by atomic mass is 9.99. The molecule has 0 fully saturated rings. The van der Waals surface area contributed by atoms with Crippen molar-refractivity contribution in [2.45, 2.75) is 74.0 Å². The number of aliphatic hydroxyl groups excluding tert-OH is 1. The van der Waals surface area contributed by atoms with Crippen LogP contribution in [0.5, 0.6) is 0 Å². The Balaban J connectivity index is 1.34. The molecule has 0 spiro atoms. The molecule has 0 radical (unpaired) electrons. The van der Waals surface area contributed by atoms with Crippen LogP contribution in [0.1, 0.15) is 36.0 Å². The van der Waals surface area contributed by atoms with Crippen LogP contribution in [0.25, 0.3) is 11.1 Å². The number of allylic oxidation sites excluding steroid dienone is 1. The number of aliphatic carboxylic acids is 1. The average Bonchev–Trinajstić information content (AvgIpc) is 3.74. The molecule has 3 aliphatic heterocycles. The normalized spacial score (nSPS) is 23.4. The molecule has 58 heavy (non-hydrogen) atoms. The first-order valence-corrected chi connectivity index (χ1v) is 19.9. The number of hydrogen-bond donors (Lipinski definition) is 7. The molecule has 3 heterocycles. The quantitative estimate of drug-likeness (QED) is 0.130. The molecule has 14 heteroatoms. The minimum absolute atomic E-state index is 0.000815. The Morgan fingerprint density at radius 2 is 1.19 bits per heavy atom. The molecule has 4 aromatic carbocycles.